The number of non-ortho nitro benzene ring substituents is 3. The zero-order valence-electron chi connectivity index (χ0n) is 50.0. The third-order valence-electron chi connectivity index (χ3n) is 13.1. The molecule has 2 radical (unpaired) electrons. The largest absolute Gasteiger partial charge is 0.497 e. The van der Waals surface area contributed by atoms with Crippen molar-refractivity contribution in [3.05, 3.63) is 172 Å². The Morgan fingerprint density at radius 2 is 0.833 bits per heavy atom. The van der Waals surface area contributed by atoms with Gasteiger partial charge in [0.15, 0.2) is 0 Å². The molecule has 0 amide bonds. The van der Waals surface area contributed by atoms with E-state index in [2.05, 4.69) is 102 Å². The van der Waals surface area contributed by atoms with Crippen LogP contribution in [0.3, 0.4) is 0 Å². The first-order valence-corrected chi connectivity index (χ1v) is 44.8. The summed E-state index contributed by atoms with van der Waals surface area (Å²) in [6.07, 6.45) is 17.7. The fourth-order valence-electron chi connectivity index (χ4n) is 8.16. The number of hydrogen-bond acceptors (Lipinski definition) is 13. The maximum atomic E-state index is 10.6. The Hall–Kier alpha value is -4.19. The standard InChI is InChI=1S/C14H10N2O2S.C13H7BrN2O2S.C7H7NO3.C6H6BrNS.6C4H9.2Sn/c1-9-2-7-12-13(8-9)19-14(15-12)10-3-5-11(6-4-10)16(17)18;14-9-3-6-11-12(7-9)19-13(15-11)8-1-4-10(5-2-8)16(17)18;1-11-7-4-2-6(3-5-7)8(9)10;7-4-1-2-5(8)6(9)3-4;6*1-3-4-2;;/h2-8H,1H3;1-7H;2-5H,1H3;1-3,9H,8H2;6*1,3-4H2,2H3;;. The summed E-state index contributed by atoms with van der Waals surface area (Å²) in [7, 11) is 1.52. The molecule has 2 N–H and O–H groups in total. The molecule has 2 heterocycles. The van der Waals surface area contributed by atoms with E-state index in [0.29, 0.717) is 11.4 Å². The minimum Gasteiger partial charge on any atom is -0.497 e. The van der Waals surface area contributed by atoms with Gasteiger partial charge in [0.1, 0.15) is 15.8 Å². The molecule has 2 aromatic heterocycles. The van der Waals surface area contributed by atoms with Gasteiger partial charge in [0.25, 0.3) is 17.1 Å². The van der Waals surface area contributed by atoms with Crippen molar-refractivity contribution >= 4 is 150 Å². The van der Waals surface area contributed by atoms with Crippen LogP contribution in [-0.2, 0) is 0 Å². The minimum absolute atomic E-state index is 0.0748. The third kappa shape index (κ3) is 28.5. The number of benzene rings is 6. The second-order valence-electron chi connectivity index (χ2n) is 20.0. The molecule has 0 aliphatic rings. The van der Waals surface area contributed by atoms with Crippen LogP contribution in [0.5, 0.6) is 5.75 Å². The summed E-state index contributed by atoms with van der Waals surface area (Å²) in [6, 6.07) is 36.4. The van der Waals surface area contributed by atoms with Crippen molar-refractivity contribution in [2.24, 2.45) is 0 Å². The van der Waals surface area contributed by atoms with Gasteiger partial charge in [-0.1, -0.05) is 37.9 Å². The van der Waals surface area contributed by atoms with Crippen LogP contribution in [0.4, 0.5) is 22.7 Å². The van der Waals surface area contributed by atoms with Gasteiger partial charge >= 0.3 is 185 Å². The molecule has 0 aliphatic heterocycles. The molecule has 6 aromatic carbocycles. The Bertz CT molecular complexity index is 2980. The van der Waals surface area contributed by atoms with E-state index >= 15 is 0 Å². The number of nitro groups is 3. The smallest absolute Gasteiger partial charge is 0.269 e. The molecule has 84 heavy (non-hydrogen) atoms. The molecular weight excluding hydrogens is 1460 g/mol. The Labute approximate surface area is 543 Å². The van der Waals surface area contributed by atoms with Crippen LogP contribution < -0.4 is 10.5 Å². The van der Waals surface area contributed by atoms with E-state index in [4.69, 9.17) is 10.5 Å². The molecule has 13 nitrogen and oxygen atoms in total. The fourth-order valence-corrected chi connectivity index (χ4v) is 30.4. The number of hydrogen-bond donors (Lipinski definition) is 2. The first-order valence-electron chi connectivity index (χ1n) is 29.0. The van der Waals surface area contributed by atoms with E-state index < -0.39 is 54.3 Å². The fraction of sp³-hybridized carbons (Fsp3) is 0.406. The Balaban J connectivity index is 0.000000270. The number of nitro benzene ring substituents is 3. The molecule has 8 rings (SSSR count). The number of nitrogens with two attached hydrogens (primary N) is 1. The van der Waals surface area contributed by atoms with Crippen LogP contribution in [-0.4, -0.2) is 71.4 Å². The number of thiol groups is 1. The minimum atomic E-state index is -0.839. The van der Waals surface area contributed by atoms with Gasteiger partial charge in [-0.25, -0.2) is 9.97 Å². The van der Waals surface area contributed by atoms with Crippen molar-refractivity contribution in [2.75, 3.05) is 12.8 Å². The first-order chi connectivity index (χ1) is 40.4. The van der Waals surface area contributed by atoms with E-state index in [-0.39, 0.29) is 17.1 Å². The summed E-state index contributed by atoms with van der Waals surface area (Å²) < 4.78 is 19.1. The van der Waals surface area contributed by atoms with E-state index in [9.17, 15) is 30.3 Å². The first kappa shape index (κ1) is 74.1. The average molecular weight is 1540 g/mol. The van der Waals surface area contributed by atoms with Crippen LogP contribution >= 0.6 is 67.2 Å². The summed E-state index contributed by atoms with van der Waals surface area (Å²) in [5.74, 6) is 0.621. The number of ether oxygens (including phenoxy) is 1. The summed E-state index contributed by atoms with van der Waals surface area (Å²) in [6.45, 7) is 16.0. The monoisotopic (exact) mass is 1540 g/mol. The number of nitrogen functional groups attached to an aromatic ring is 1. The van der Waals surface area contributed by atoms with Crippen LogP contribution in [0.1, 0.15) is 124 Å². The van der Waals surface area contributed by atoms with E-state index in [0.717, 1.165) is 55.4 Å². The second-order valence-corrected chi connectivity index (χ2v) is 41.5. The van der Waals surface area contributed by atoms with Crippen molar-refractivity contribution < 1.29 is 19.5 Å². The zero-order valence-corrected chi connectivity index (χ0v) is 61.5. The molecule has 452 valence electrons. The van der Waals surface area contributed by atoms with Crippen molar-refractivity contribution in [2.45, 2.75) is 157 Å². The predicted octanol–water partition coefficient (Wildman–Crippen LogP) is 22.5. The predicted molar refractivity (Wildman–Crippen MR) is 371 cm³/mol. The normalized spacial score (nSPS) is 10.5. The van der Waals surface area contributed by atoms with Gasteiger partial charge in [-0.2, -0.15) is 0 Å². The average Bonchev–Trinajstić information content (AvgIpc) is 4.37. The topological polar surface area (TPSA) is 190 Å². The van der Waals surface area contributed by atoms with Crippen molar-refractivity contribution in [3.8, 4) is 26.9 Å². The molecule has 0 bridgehead atoms. The number of aromatic nitrogens is 2. The maximum absolute atomic E-state index is 10.6. The van der Waals surface area contributed by atoms with Gasteiger partial charge in [-0.05, 0) is 97.4 Å². The summed E-state index contributed by atoms with van der Waals surface area (Å²) in [4.78, 5) is 40.0. The second kappa shape index (κ2) is 42.6. The van der Waals surface area contributed by atoms with Crippen molar-refractivity contribution in [1.82, 2.24) is 9.97 Å². The van der Waals surface area contributed by atoms with Crippen LogP contribution in [0.2, 0.25) is 26.6 Å². The molecule has 0 atom stereocenters. The molecule has 0 saturated carbocycles. The quantitative estimate of drug-likeness (QED) is 0.0193. The van der Waals surface area contributed by atoms with Crippen LogP contribution in [0, 0.1) is 37.3 Å². The molecular formula is C64H84Br2N6O7S3Sn2. The maximum Gasteiger partial charge on any atom is 0.269 e. The SMILES string of the molecule is CCC[CH2][Sn]([CH2]CCC)[CH2]CCC.CCC[CH2][Sn]([CH2]CCC)[CH2]CCC.COc1ccc([N+](=O)[O-])cc1.Cc1ccc2nc(-c3ccc([N+](=O)[O-])cc3)sc2c1.Nc1ccc(Br)cc1S.O=[N+]([O-])c1ccc(-c2nc3ccc(Br)cc3s2)cc1. The molecule has 0 unspecified atom stereocenters. The van der Waals surface area contributed by atoms with Crippen LogP contribution in [0.25, 0.3) is 41.6 Å². The summed E-state index contributed by atoms with van der Waals surface area (Å²) in [5, 5.41) is 33.1. The van der Waals surface area contributed by atoms with Crippen LogP contribution in [0.15, 0.2) is 141 Å². The number of halogens is 2. The molecule has 0 aliphatic carbocycles. The number of nitrogens with zero attached hydrogens (tertiary/aromatic N) is 5. The Morgan fingerprint density at radius 1 is 0.500 bits per heavy atom. The molecule has 8 aromatic rings. The van der Waals surface area contributed by atoms with E-state index in [1.807, 2.05) is 55.5 Å². The Kier molecular flexibility index (Phi) is 37.6. The van der Waals surface area contributed by atoms with E-state index in [1.165, 1.54) is 126 Å². The molecule has 20 heteroatoms. The summed E-state index contributed by atoms with van der Waals surface area (Å²) >= 11 is 12.3. The number of unbranched alkanes of at least 4 members (excludes halogenated alkanes) is 6. The Morgan fingerprint density at radius 3 is 1.17 bits per heavy atom. The number of thiazole rings is 2. The van der Waals surface area contributed by atoms with Crippen molar-refractivity contribution in [1.29, 1.82) is 0 Å². The number of aryl methyl sites for hydroxylation is 1. The van der Waals surface area contributed by atoms with Gasteiger partial charge < -0.3 is 10.5 Å². The van der Waals surface area contributed by atoms with Gasteiger partial charge in [0, 0.05) is 67.1 Å². The number of rotatable bonds is 24. The van der Waals surface area contributed by atoms with Gasteiger partial charge in [0.2, 0.25) is 0 Å². The third-order valence-corrected chi connectivity index (χ3v) is 34.8. The van der Waals surface area contributed by atoms with Crippen molar-refractivity contribution in [3.63, 3.8) is 0 Å². The van der Waals surface area contributed by atoms with Gasteiger partial charge in [-0.3, -0.25) is 30.3 Å². The number of fused-ring (bicyclic) bond motifs is 2. The summed E-state index contributed by atoms with van der Waals surface area (Å²) in [5.41, 5.74) is 11.4. The molecule has 0 saturated heterocycles. The molecule has 0 fully saturated rings. The number of methoxy groups -OCH3 is 1. The number of anilines is 1. The molecule has 0 spiro atoms. The van der Waals surface area contributed by atoms with Gasteiger partial charge in [0.05, 0.1) is 42.3 Å². The van der Waals surface area contributed by atoms with Gasteiger partial charge in [-0.15, -0.1) is 35.3 Å². The zero-order chi connectivity index (χ0) is 61.8. The van der Waals surface area contributed by atoms with E-state index in [1.54, 1.807) is 85.7 Å².